The molecule has 0 fully saturated rings. The van der Waals surface area contributed by atoms with Crippen molar-refractivity contribution in [3.63, 3.8) is 0 Å². The van der Waals surface area contributed by atoms with Crippen molar-refractivity contribution in [2.75, 3.05) is 5.32 Å². The third kappa shape index (κ3) is 3.26. The van der Waals surface area contributed by atoms with Crippen molar-refractivity contribution >= 4 is 22.5 Å². The molecule has 0 bridgehead atoms. The van der Waals surface area contributed by atoms with Crippen LogP contribution in [0.15, 0.2) is 79.3 Å². The van der Waals surface area contributed by atoms with E-state index in [2.05, 4.69) is 15.4 Å². The molecule has 0 spiro atoms. The lowest BCUT2D eigenvalue weighted by atomic mass is 10.1. The predicted octanol–water partition coefficient (Wildman–Crippen LogP) is 3.73. The Morgan fingerprint density at radius 2 is 1.88 bits per heavy atom. The largest absolute Gasteiger partial charge is 0.321 e. The van der Waals surface area contributed by atoms with Crippen LogP contribution < -0.4 is 5.32 Å². The van der Waals surface area contributed by atoms with Crippen molar-refractivity contribution in [2.45, 2.75) is 6.54 Å². The number of carbonyl (C=O) groups excluding carboxylic acids is 1. The topological polar surface area (TPSA) is 59.8 Å². The summed E-state index contributed by atoms with van der Waals surface area (Å²) in [4.78, 5) is 16.8. The molecule has 1 N–H and O–H groups in total. The molecule has 0 saturated carbocycles. The van der Waals surface area contributed by atoms with Gasteiger partial charge in [-0.2, -0.15) is 5.10 Å². The first-order valence-electron chi connectivity index (χ1n) is 8.01. The van der Waals surface area contributed by atoms with Gasteiger partial charge in [-0.3, -0.25) is 14.5 Å². The minimum absolute atomic E-state index is 0.185. The van der Waals surface area contributed by atoms with Gasteiger partial charge >= 0.3 is 0 Å². The number of amides is 1. The number of aromatic nitrogens is 3. The lowest BCUT2D eigenvalue weighted by Crippen LogP contribution is -2.11. The van der Waals surface area contributed by atoms with Crippen LogP contribution in [-0.2, 0) is 6.54 Å². The number of pyridine rings is 1. The van der Waals surface area contributed by atoms with Gasteiger partial charge in [0, 0.05) is 17.8 Å². The number of nitrogens with one attached hydrogen (secondary N) is 1. The SMILES string of the molecule is O=C(Nc1cccc2ncccc12)c1cnn(Cc2ccccc2)c1. The van der Waals surface area contributed by atoms with Gasteiger partial charge in [-0.15, -0.1) is 0 Å². The Kier molecular flexibility index (Phi) is 3.96. The Morgan fingerprint density at radius 3 is 2.76 bits per heavy atom. The molecule has 122 valence electrons. The molecular weight excluding hydrogens is 312 g/mol. The van der Waals surface area contributed by atoms with Crippen LogP contribution in [0.2, 0.25) is 0 Å². The molecule has 0 aliphatic heterocycles. The van der Waals surface area contributed by atoms with Crippen LogP contribution in [0.25, 0.3) is 10.9 Å². The highest BCUT2D eigenvalue weighted by Gasteiger charge is 2.11. The maximum atomic E-state index is 12.5. The van der Waals surface area contributed by atoms with Crippen LogP contribution in [0.5, 0.6) is 0 Å². The summed E-state index contributed by atoms with van der Waals surface area (Å²) >= 11 is 0. The Bertz CT molecular complexity index is 1020. The summed E-state index contributed by atoms with van der Waals surface area (Å²) in [5.41, 5.74) is 3.25. The summed E-state index contributed by atoms with van der Waals surface area (Å²) in [6.07, 6.45) is 5.08. The Hall–Kier alpha value is -3.47. The second kappa shape index (κ2) is 6.57. The molecule has 0 saturated heterocycles. The highest BCUT2D eigenvalue weighted by molar-refractivity contribution is 6.08. The average Bonchev–Trinajstić information content (AvgIpc) is 3.11. The first-order chi connectivity index (χ1) is 12.3. The first kappa shape index (κ1) is 15.1. The third-order valence-electron chi connectivity index (χ3n) is 3.98. The van der Waals surface area contributed by atoms with Gasteiger partial charge in [0.2, 0.25) is 0 Å². The number of anilines is 1. The molecule has 2 aromatic heterocycles. The van der Waals surface area contributed by atoms with Crippen molar-refractivity contribution in [1.29, 1.82) is 0 Å². The normalized spacial score (nSPS) is 10.7. The van der Waals surface area contributed by atoms with Gasteiger partial charge in [0.25, 0.3) is 5.91 Å². The molecule has 5 nitrogen and oxygen atoms in total. The quantitative estimate of drug-likeness (QED) is 0.621. The lowest BCUT2D eigenvalue weighted by molar-refractivity contribution is 0.102. The zero-order valence-electron chi connectivity index (χ0n) is 13.5. The van der Waals surface area contributed by atoms with Gasteiger partial charge in [0.1, 0.15) is 0 Å². The van der Waals surface area contributed by atoms with E-state index < -0.39 is 0 Å². The van der Waals surface area contributed by atoms with Crippen LogP contribution in [0, 0.1) is 0 Å². The fourth-order valence-electron chi connectivity index (χ4n) is 2.74. The fraction of sp³-hybridized carbons (Fsp3) is 0.0500. The van der Waals surface area contributed by atoms with Crippen molar-refractivity contribution in [3.05, 3.63) is 90.4 Å². The molecule has 4 aromatic rings. The molecule has 2 aromatic carbocycles. The van der Waals surface area contributed by atoms with Crippen LogP contribution in [0.4, 0.5) is 5.69 Å². The van der Waals surface area contributed by atoms with E-state index in [9.17, 15) is 4.79 Å². The lowest BCUT2D eigenvalue weighted by Gasteiger charge is -2.07. The van der Waals surface area contributed by atoms with Crippen LogP contribution >= 0.6 is 0 Å². The number of nitrogens with zero attached hydrogens (tertiary/aromatic N) is 3. The minimum atomic E-state index is -0.185. The van der Waals surface area contributed by atoms with Crippen LogP contribution in [0.1, 0.15) is 15.9 Å². The van der Waals surface area contributed by atoms with E-state index in [0.29, 0.717) is 12.1 Å². The summed E-state index contributed by atoms with van der Waals surface area (Å²) in [5, 5.41) is 8.14. The molecule has 25 heavy (non-hydrogen) atoms. The molecule has 0 radical (unpaired) electrons. The molecule has 0 aliphatic carbocycles. The van der Waals surface area contributed by atoms with Gasteiger partial charge in [0.05, 0.1) is 29.5 Å². The maximum absolute atomic E-state index is 12.5. The Balaban J connectivity index is 1.53. The number of carbonyl (C=O) groups is 1. The predicted molar refractivity (Wildman–Crippen MR) is 97.5 cm³/mol. The van der Waals surface area contributed by atoms with E-state index >= 15 is 0 Å². The van der Waals surface area contributed by atoms with Crippen LogP contribution in [0.3, 0.4) is 0 Å². The standard InChI is InChI=1S/C20H16N4O/c25-20(23-19-10-4-9-18-17(19)8-5-11-21-18)16-12-22-24(14-16)13-15-6-2-1-3-7-15/h1-12,14H,13H2,(H,23,25). The Morgan fingerprint density at radius 1 is 1.00 bits per heavy atom. The van der Waals surface area contributed by atoms with E-state index in [-0.39, 0.29) is 5.91 Å². The van der Waals surface area contributed by atoms with Crippen molar-refractivity contribution in [2.24, 2.45) is 0 Å². The molecule has 1 amide bonds. The molecule has 5 heteroatoms. The van der Waals surface area contributed by atoms with Gasteiger partial charge in [-0.05, 0) is 29.8 Å². The molecular formula is C20H16N4O. The molecule has 0 unspecified atom stereocenters. The van der Waals surface area contributed by atoms with E-state index in [1.807, 2.05) is 60.7 Å². The van der Waals surface area contributed by atoms with Gasteiger partial charge in [-0.25, -0.2) is 0 Å². The highest BCUT2D eigenvalue weighted by Crippen LogP contribution is 2.21. The summed E-state index contributed by atoms with van der Waals surface area (Å²) < 4.78 is 1.76. The molecule has 2 heterocycles. The third-order valence-corrected chi connectivity index (χ3v) is 3.98. The summed E-state index contributed by atoms with van der Waals surface area (Å²) in [7, 11) is 0. The van der Waals surface area contributed by atoms with Crippen LogP contribution in [-0.4, -0.2) is 20.7 Å². The van der Waals surface area contributed by atoms with Gasteiger partial charge in [-0.1, -0.05) is 36.4 Å². The second-order valence-electron chi connectivity index (χ2n) is 5.74. The zero-order valence-corrected chi connectivity index (χ0v) is 13.5. The minimum Gasteiger partial charge on any atom is -0.321 e. The Labute approximate surface area is 144 Å². The molecule has 0 atom stereocenters. The summed E-state index contributed by atoms with van der Waals surface area (Å²) in [6.45, 7) is 0.631. The van der Waals surface area contributed by atoms with Crippen molar-refractivity contribution in [3.8, 4) is 0 Å². The van der Waals surface area contributed by atoms with Crippen molar-refractivity contribution < 1.29 is 4.79 Å². The number of hydrogen-bond acceptors (Lipinski definition) is 3. The number of benzene rings is 2. The summed E-state index contributed by atoms with van der Waals surface area (Å²) in [5.74, 6) is -0.185. The fourth-order valence-corrected chi connectivity index (χ4v) is 2.74. The van der Waals surface area contributed by atoms with Crippen molar-refractivity contribution in [1.82, 2.24) is 14.8 Å². The summed E-state index contributed by atoms with van der Waals surface area (Å²) in [6, 6.07) is 19.5. The second-order valence-corrected chi connectivity index (χ2v) is 5.74. The number of fused-ring (bicyclic) bond motifs is 1. The first-order valence-corrected chi connectivity index (χ1v) is 8.01. The monoisotopic (exact) mass is 328 g/mol. The van der Waals surface area contributed by atoms with E-state index in [4.69, 9.17) is 0 Å². The maximum Gasteiger partial charge on any atom is 0.258 e. The molecule has 0 aliphatic rings. The van der Waals surface area contributed by atoms with E-state index in [1.54, 1.807) is 23.3 Å². The number of hydrogen-bond donors (Lipinski definition) is 1. The van der Waals surface area contributed by atoms with E-state index in [0.717, 1.165) is 22.2 Å². The van der Waals surface area contributed by atoms with E-state index in [1.165, 1.54) is 0 Å². The highest BCUT2D eigenvalue weighted by atomic mass is 16.1. The number of rotatable bonds is 4. The smallest absolute Gasteiger partial charge is 0.258 e. The average molecular weight is 328 g/mol. The zero-order chi connectivity index (χ0) is 17.1. The van der Waals surface area contributed by atoms with Gasteiger partial charge < -0.3 is 5.32 Å². The molecule has 4 rings (SSSR count). The van der Waals surface area contributed by atoms with Gasteiger partial charge in [0.15, 0.2) is 0 Å².